The van der Waals surface area contributed by atoms with Gasteiger partial charge in [-0.05, 0) is 61.3 Å². The van der Waals surface area contributed by atoms with Gasteiger partial charge in [-0.1, -0.05) is 12.2 Å². The van der Waals surface area contributed by atoms with Crippen LogP contribution in [0.1, 0.15) is 29.6 Å². The van der Waals surface area contributed by atoms with E-state index >= 15 is 0 Å². The summed E-state index contributed by atoms with van der Waals surface area (Å²) in [6.07, 6.45) is 8.28. The van der Waals surface area contributed by atoms with Crippen molar-refractivity contribution in [3.8, 4) is 0 Å². The van der Waals surface area contributed by atoms with Crippen molar-refractivity contribution in [3.05, 3.63) is 47.8 Å². The Hall–Kier alpha value is -1.64. The second-order valence-corrected chi connectivity index (χ2v) is 5.59. The molecule has 1 aromatic carbocycles. The maximum Gasteiger partial charge on any atom is 0.251 e. The standard InChI is InChI=1S/C16H18FNO/c17-15-5-3-12(4-6-15)16(19)18-8-7-14-10-11-1-2-13(14)9-11/h1-6,11,13-14H,7-10H2,(H,18,19)/i17-1. The lowest BCUT2D eigenvalue weighted by molar-refractivity contribution is 0.0950. The third-order valence-corrected chi connectivity index (χ3v) is 4.32. The largest absolute Gasteiger partial charge is 0.352 e. The van der Waals surface area contributed by atoms with E-state index in [1.54, 1.807) is 0 Å². The minimum Gasteiger partial charge on any atom is -0.352 e. The topological polar surface area (TPSA) is 29.1 Å². The van der Waals surface area contributed by atoms with Gasteiger partial charge in [-0.25, -0.2) is 4.39 Å². The molecule has 3 rings (SSSR count). The summed E-state index contributed by atoms with van der Waals surface area (Å²) in [4.78, 5) is 11.8. The zero-order chi connectivity index (χ0) is 13.2. The number of hydrogen-bond acceptors (Lipinski definition) is 1. The second kappa shape index (κ2) is 5.16. The average molecular weight is 258 g/mol. The molecule has 1 fully saturated rings. The predicted octanol–water partition coefficient (Wildman–Crippen LogP) is 3.16. The molecule has 0 saturated heterocycles. The van der Waals surface area contributed by atoms with E-state index in [4.69, 9.17) is 0 Å². The number of carbonyl (C=O) groups is 1. The first-order valence-corrected chi connectivity index (χ1v) is 6.94. The van der Waals surface area contributed by atoms with E-state index in [2.05, 4.69) is 17.5 Å². The molecule has 0 radical (unpaired) electrons. The highest BCUT2D eigenvalue weighted by molar-refractivity contribution is 5.94. The van der Waals surface area contributed by atoms with E-state index in [1.807, 2.05) is 0 Å². The Bertz CT molecular complexity index is 494. The van der Waals surface area contributed by atoms with E-state index in [0.29, 0.717) is 12.1 Å². The molecule has 1 amide bonds. The second-order valence-electron chi connectivity index (χ2n) is 5.59. The highest BCUT2D eigenvalue weighted by atomic mass is 18.2. The number of nitrogens with one attached hydrogen (secondary N) is 1. The van der Waals surface area contributed by atoms with Crippen molar-refractivity contribution >= 4 is 5.91 Å². The molecule has 2 bridgehead atoms. The van der Waals surface area contributed by atoms with Crippen molar-refractivity contribution in [1.29, 1.82) is 0 Å². The normalized spacial score (nSPS) is 27.7. The molecule has 100 valence electrons. The van der Waals surface area contributed by atoms with Gasteiger partial charge in [0.1, 0.15) is 5.82 Å². The van der Waals surface area contributed by atoms with Crippen molar-refractivity contribution in [3.63, 3.8) is 0 Å². The third kappa shape index (κ3) is 2.70. The molecule has 3 unspecified atom stereocenters. The fourth-order valence-electron chi connectivity index (χ4n) is 3.30. The van der Waals surface area contributed by atoms with Crippen LogP contribution >= 0.6 is 0 Å². The van der Waals surface area contributed by atoms with Crippen molar-refractivity contribution in [2.24, 2.45) is 17.8 Å². The van der Waals surface area contributed by atoms with Gasteiger partial charge < -0.3 is 5.32 Å². The molecule has 3 atom stereocenters. The van der Waals surface area contributed by atoms with Gasteiger partial charge in [-0.2, -0.15) is 0 Å². The number of carbonyl (C=O) groups excluding carboxylic acids is 1. The Morgan fingerprint density at radius 3 is 2.63 bits per heavy atom. The van der Waals surface area contributed by atoms with Crippen LogP contribution in [-0.2, 0) is 0 Å². The summed E-state index contributed by atoms with van der Waals surface area (Å²) in [5.74, 6) is 1.81. The van der Waals surface area contributed by atoms with Gasteiger partial charge in [0.2, 0.25) is 0 Å². The van der Waals surface area contributed by atoms with Crippen LogP contribution in [0, 0.1) is 23.6 Å². The molecule has 3 heteroatoms. The first-order valence-electron chi connectivity index (χ1n) is 6.94. The molecule has 0 spiro atoms. The van der Waals surface area contributed by atoms with E-state index in [1.165, 1.54) is 37.1 Å². The molecule has 2 aliphatic rings. The Balaban J connectivity index is 1.46. The fraction of sp³-hybridized carbons (Fsp3) is 0.438. The number of benzene rings is 1. The van der Waals surface area contributed by atoms with Gasteiger partial charge in [0.15, 0.2) is 0 Å². The highest BCUT2D eigenvalue weighted by Gasteiger charge is 2.34. The van der Waals surface area contributed by atoms with Crippen LogP contribution in [0.15, 0.2) is 36.4 Å². The third-order valence-electron chi connectivity index (χ3n) is 4.32. The van der Waals surface area contributed by atoms with Gasteiger partial charge in [0, 0.05) is 12.1 Å². The SMILES string of the molecule is O=C(NCCC1CC2C=CC1C2)c1ccc([18F])cc1. The van der Waals surface area contributed by atoms with Crippen LogP contribution in [0.4, 0.5) is 4.39 Å². The monoisotopic (exact) mass is 258 g/mol. The first kappa shape index (κ1) is 12.4. The molecule has 1 saturated carbocycles. The Morgan fingerprint density at radius 1 is 1.21 bits per heavy atom. The molecule has 0 heterocycles. The molecule has 0 aliphatic heterocycles. The maximum absolute atomic E-state index is 12.8. The maximum atomic E-state index is 12.8. The van der Waals surface area contributed by atoms with Crippen molar-refractivity contribution < 1.29 is 9.18 Å². The van der Waals surface area contributed by atoms with E-state index < -0.39 is 0 Å². The van der Waals surface area contributed by atoms with Gasteiger partial charge in [-0.3, -0.25) is 4.79 Å². The van der Waals surface area contributed by atoms with Crippen LogP contribution in [0.2, 0.25) is 0 Å². The molecule has 1 aromatic rings. The fourth-order valence-corrected chi connectivity index (χ4v) is 3.30. The Kier molecular flexibility index (Phi) is 3.36. The Labute approximate surface area is 112 Å². The smallest absolute Gasteiger partial charge is 0.251 e. The lowest BCUT2D eigenvalue weighted by atomic mass is 9.90. The summed E-state index contributed by atoms with van der Waals surface area (Å²) in [7, 11) is 0. The molecule has 0 aromatic heterocycles. The quantitative estimate of drug-likeness (QED) is 0.826. The minimum atomic E-state index is -0.315. The summed E-state index contributed by atoms with van der Waals surface area (Å²) < 4.78 is 12.8. The lowest BCUT2D eigenvalue weighted by Gasteiger charge is -2.17. The molecule has 1 N–H and O–H groups in total. The summed E-state index contributed by atoms with van der Waals surface area (Å²) in [6.45, 7) is 0.706. The average Bonchev–Trinajstić information content (AvgIpc) is 3.02. The zero-order valence-corrected chi connectivity index (χ0v) is 10.8. The van der Waals surface area contributed by atoms with Gasteiger partial charge in [-0.15, -0.1) is 0 Å². The number of allylic oxidation sites excluding steroid dienone is 2. The number of hydrogen-bond donors (Lipinski definition) is 1. The summed E-state index contributed by atoms with van der Waals surface area (Å²) in [5, 5.41) is 2.92. The number of halogens is 1. The van der Waals surface area contributed by atoms with Crippen LogP contribution < -0.4 is 5.32 Å². The predicted molar refractivity (Wildman–Crippen MR) is 72.2 cm³/mol. The number of rotatable bonds is 4. The van der Waals surface area contributed by atoms with Crippen LogP contribution in [-0.4, -0.2) is 12.5 Å². The van der Waals surface area contributed by atoms with Gasteiger partial charge >= 0.3 is 0 Å². The summed E-state index contributed by atoms with van der Waals surface area (Å²) >= 11 is 0. The first-order chi connectivity index (χ1) is 9.22. The van der Waals surface area contributed by atoms with Gasteiger partial charge in [0.05, 0.1) is 0 Å². The molecular weight excluding hydrogens is 240 g/mol. The minimum absolute atomic E-state index is 0.112. The van der Waals surface area contributed by atoms with Crippen LogP contribution in [0.3, 0.4) is 0 Å². The van der Waals surface area contributed by atoms with Gasteiger partial charge in [0.25, 0.3) is 5.91 Å². The van der Waals surface area contributed by atoms with Crippen molar-refractivity contribution in [2.75, 3.05) is 6.54 Å². The Morgan fingerprint density at radius 2 is 2.00 bits per heavy atom. The van der Waals surface area contributed by atoms with Crippen LogP contribution in [0.5, 0.6) is 0 Å². The van der Waals surface area contributed by atoms with E-state index in [-0.39, 0.29) is 11.7 Å². The van der Waals surface area contributed by atoms with E-state index in [9.17, 15) is 9.18 Å². The molecule has 2 aliphatic carbocycles. The van der Waals surface area contributed by atoms with Crippen LogP contribution in [0.25, 0.3) is 0 Å². The summed E-state index contributed by atoms with van der Waals surface area (Å²) in [6, 6.07) is 5.67. The number of fused-ring (bicyclic) bond motifs is 2. The van der Waals surface area contributed by atoms with Crippen molar-refractivity contribution in [2.45, 2.75) is 19.3 Å². The van der Waals surface area contributed by atoms with E-state index in [0.717, 1.165) is 24.2 Å². The zero-order valence-electron chi connectivity index (χ0n) is 10.8. The summed E-state index contributed by atoms with van der Waals surface area (Å²) in [5.41, 5.74) is 0.522. The number of amides is 1. The molecular formula is C16H18FNO. The molecule has 19 heavy (non-hydrogen) atoms. The molecule has 2 nitrogen and oxygen atoms in total. The van der Waals surface area contributed by atoms with Crippen molar-refractivity contribution in [1.82, 2.24) is 5.32 Å². The lowest BCUT2D eigenvalue weighted by Crippen LogP contribution is -2.26. The highest BCUT2D eigenvalue weighted by Crippen LogP contribution is 2.44.